The van der Waals surface area contributed by atoms with Gasteiger partial charge in [0.05, 0.1) is 0 Å². The lowest BCUT2D eigenvalue weighted by molar-refractivity contribution is -0.274. The van der Waals surface area contributed by atoms with E-state index < -0.39 is 41.4 Å². The van der Waals surface area contributed by atoms with Crippen molar-refractivity contribution in [2.45, 2.75) is 18.7 Å². The summed E-state index contributed by atoms with van der Waals surface area (Å²) in [6.07, 6.45) is -15.4. The SMILES string of the molecule is FC(F)(F)Oc1cccc(-c2cc(C(F)(F)F)nc(C(F)(F)F)c2)c1. The number of rotatable bonds is 2. The first-order valence-corrected chi connectivity index (χ1v) is 6.28. The van der Waals surface area contributed by atoms with E-state index in [4.69, 9.17) is 0 Å². The Bertz CT molecular complexity index is 730. The first-order chi connectivity index (χ1) is 11.3. The molecule has 1 aromatic carbocycles. The highest BCUT2D eigenvalue weighted by molar-refractivity contribution is 5.66. The van der Waals surface area contributed by atoms with Gasteiger partial charge in [0, 0.05) is 0 Å². The van der Waals surface area contributed by atoms with E-state index in [2.05, 4.69) is 9.72 Å². The van der Waals surface area contributed by atoms with Gasteiger partial charge in [-0.3, -0.25) is 0 Å². The van der Waals surface area contributed by atoms with Gasteiger partial charge in [-0.1, -0.05) is 12.1 Å². The van der Waals surface area contributed by atoms with Crippen LogP contribution in [0.3, 0.4) is 0 Å². The van der Waals surface area contributed by atoms with Crippen LogP contribution in [0.5, 0.6) is 5.75 Å². The van der Waals surface area contributed by atoms with Crippen LogP contribution in [0.25, 0.3) is 11.1 Å². The highest BCUT2D eigenvalue weighted by atomic mass is 19.4. The van der Waals surface area contributed by atoms with E-state index in [-0.39, 0.29) is 5.56 Å². The lowest BCUT2D eigenvalue weighted by Gasteiger charge is -2.14. The highest BCUT2D eigenvalue weighted by Crippen LogP contribution is 2.37. The van der Waals surface area contributed by atoms with Gasteiger partial charge in [-0.2, -0.15) is 26.3 Å². The molecule has 0 amide bonds. The lowest BCUT2D eigenvalue weighted by Crippen LogP contribution is -2.17. The summed E-state index contributed by atoms with van der Waals surface area (Å²) in [7, 11) is 0. The van der Waals surface area contributed by atoms with Crippen LogP contribution in [0, 0.1) is 0 Å². The van der Waals surface area contributed by atoms with Crippen molar-refractivity contribution in [2.24, 2.45) is 0 Å². The summed E-state index contributed by atoms with van der Waals surface area (Å²) in [5.74, 6) is -0.788. The number of benzene rings is 1. The van der Waals surface area contributed by atoms with Crippen LogP contribution in [0.2, 0.25) is 0 Å². The minimum Gasteiger partial charge on any atom is -0.406 e. The van der Waals surface area contributed by atoms with Crippen molar-refractivity contribution in [1.82, 2.24) is 4.98 Å². The van der Waals surface area contributed by atoms with E-state index in [1.165, 1.54) is 0 Å². The first-order valence-electron chi connectivity index (χ1n) is 6.28. The number of pyridine rings is 1. The number of nitrogens with zero attached hydrogens (tertiary/aromatic N) is 1. The van der Waals surface area contributed by atoms with Gasteiger partial charge in [0.1, 0.15) is 17.1 Å². The minimum absolute atomic E-state index is 0.307. The zero-order valence-corrected chi connectivity index (χ0v) is 11.7. The second kappa shape index (κ2) is 6.12. The Kier molecular flexibility index (Phi) is 4.62. The predicted molar refractivity (Wildman–Crippen MR) is 66.4 cm³/mol. The van der Waals surface area contributed by atoms with Crippen LogP contribution in [-0.2, 0) is 12.4 Å². The summed E-state index contributed by atoms with van der Waals surface area (Å²) >= 11 is 0. The number of ether oxygens (including phenoxy) is 1. The van der Waals surface area contributed by atoms with E-state index in [0.29, 0.717) is 18.2 Å². The number of hydrogen-bond acceptors (Lipinski definition) is 2. The molecule has 0 aliphatic carbocycles. The number of alkyl halides is 9. The van der Waals surface area contributed by atoms with Crippen LogP contribution >= 0.6 is 0 Å². The van der Waals surface area contributed by atoms with Crippen LogP contribution in [-0.4, -0.2) is 11.3 Å². The Morgan fingerprint density at radius 1 is 0.680 bits per heavy atom. The minimum atomic E-state index is -5.17. The summed E-state index contributed by atoms with van der Waals surface area (Å²) in [4.78, 5) is 2.52. The zero-order chi connectivity index (χ0) is 19.0. The summed E-state index contributed by atoms with van der Waals surface area (Å²) < 4.78 is 117. The van der Waals surface area contributed by atoms with Gasteiger partial charge >= 0.3 is 18.7 Å². The largest absolute Gasteiger partial charge is 0.573 e. The Hall–Kier alpha value is -2.46. The van der Waals surface area contributed by atoms with E-state index in [9.17, 15) is 39.5 Å². The van der Waals surface area contributed by atoms with Crippen LogP contribution in [0.1, 0.15) is 11.4 Å². The second-order valence-electron chi connectivity index (χ2n) is 4.70. The van der Waals surface area contributed by atoms with E-state index in [1.807, 2.05) is 0 Å². The van der Waals surface area contributed by atoms with Gasteiger partial charge in [0.15, 0.2) is 0 Å². The standard InChI is InChI=1S/C14H6F9NO/c15-12(16,17)10-5-8(6-11(24-10)13(18,19)20)7-2-1-3-9(4-7)25-14(21,22)23/h1-6H. The molecule has 0 unspecified atom stereocenters. The summed E-state index contributed by atoms with van der Waals surface area (Å²) in [6.45, 7) is 0. The molecular weight excluding hydrogens is 369 g/mol. The molecular formula is C14H6F9NO. The molecule has 0 bridgehead atoms. The maximum atomic E-state index is 12.8. The molecule has 0 atom stereocenters. The molecule has 0 aliphatic heterocycles. The molecule has 2 nitrogen and oxygen atoms in total. The number of hydrogen-bond donors (Lipinski definition) is 0. The van der Waals surface area contributed by atoms with E-state index in [1.54, 1.807) is 0 Å². The third kappa shape index (κ3) is 5.00. The van der Waals surface area contributed by atoms with Gasteiger partial charge in [-0.15, -0.1) is 13.2 Å². The molecule has 1 heterocycles. The van der Waals surface area contributed by atoms with Gasteiger partial charge in [-0.05, 0) is 35.4 Å². The molecule has 2 rings (SSSR count). The Morgan fingerprint density at radius 2 is 1.20 bits per heavy atom. The van der Waals surface area contributed by atoms with Crippen molar-refractivity contribution in [3.63, 3.8) is 0 Å². The van der Waals surface area contributed by atoms with Crippen molar-refractivity contribution in [2.75, 3.05) is 0 Å². The highest BCUT2D eigenvalue weighted by Gasteiger charge is 2.39. The van der Waals surface area contributed by atoms with Gasteiger partial charge in [0.25, 0.3) is 0 Å². The summed E-state index contributed by atoms with van der Waals surface area (Å²) in [6, 6.07) is 4.18. The topological polar surface area (TPSA) is 22.1 Å². The van der Waals surface area contributed by atoms with Gasteiger partial charge < -0.3 is 4.74 Å². The maximum absolute atomic E-state index is 12.8. The van der Waals surface area contributed by atoms with Crippen LogP contribution in [0.15, 0.2) is 36.4 Å². The Balaban J connectivity index is 2.57. The van der Waals surface area contributed by atoms with Crippen molar-refractivity contribution < 1.29 is 44.3 Å². The summed E-state index contributed by atoms with van der Waals surface area (Å²) in [5.41, 5.74) is -4.58. The molecule has 0 spiro atoms. The van der Waals surface area contributed by atoms with Crippen molar-refractivity contribution in [1.29, 1.82) is 0 Å². The van der Waals surface area contributed by atoms with Crippen molar-refractivity contribution in [3.05, 3.63) is 47.8 Å². The fourth-order valence-corrected chi connectivity index (χ4v) is 1.86. The van der Waals surface area contributed by atoms with Gasteiger partial charge in [-0.25, -0.2) is 4.98 Å². The van der Waals surface area contributed by atoms with Crippen molar-refractivity contribution >= 4 is 0 Å². The quantitative estimate of drug-likeness (QED) is 0.630. The maximum Gasteiger partial charge on any atom is 0.573 e. The van der Waals surface area contributed by atoms with Crippen LogP contribution < -0.4 is 4.74 Å². The average Bonchev–Trinajstić information content (AvgIpc) is 2.43. The molecule has 0 radical (unpaired) electrons. The Labute approximate surface area is 133 Å². The van der Waals surface area contributed by atoms with Crippen LogP contribution in [0.4, 0.5) is 39.5 Å². The zero-order valence-electron chi connectivity index (χ0n) is 11.7. The molecule has 0 saturated heterocycles. The fraction of sp³-hybridized carbons (Fsp3) is 0.214. The van der Waals surface area contributed by atoms with E-state index in [0.717, 1.165) is 18.2 Å². The normalized spacial score (nSPS) is 13.0. The molecule has 0 saturated carbocycles. The van der Waals surface area contributed by atoms with Crippen molar-refractivity contribution in [3.8, 4) is 16.9 Å². The molecule has 2 aromatic rings. The average molecular weight is 375 g/mol. The molecule has 0 fully saturated rings. The number of halogens is 9. The number of aromatic nitrogens is 1. The predicted octanol–water partition coefficient (Wildman–Crippen LogP) is 5.68. The molecule has 1 aromatic heterocycles. The fourth-order valence-electron chi connectivity index (χ4n) is 1.86. The third-order valence-electron chi connectivity index (χ3n) is 2.81. The Morgan fingerprint density at radius 3 is 1.64 bits per heavy atom. The molecule has 11 heteroatoms. The summed E-state index contributed by atoms with van der Waals surface area (Å²) in [5, 5.41) is 0. The smallest absolute Gasteiger partial charge is 0.406 e. The lowest BCUT2D eigenvalue weighted by atomic mass is 10.0. The third-order valence-corrected chi connectivity index (χ3v) is 2.81. The molecule has 0 aliphatic rings. The second-order valence-corrected chi connectivity index (χ2v) is 4.70. The first kappa shape index (κ1) is 18.9. The molecule has 136 valence electrons. The molecule has 25 heavy (non-hydrogen) atoms. The monoisotopic (exact) mass is 375 g/mol. The van der Waals surface area contributed by atoms with E-state index >= 15 is 0 Å². The van der Waals surface area contributed by atoms with Gasteiger partial charge in [0.2, 0.25) is 0 Å². The molecule has 0 N–H and O–H groups in total.